The van der Waals surface area contributed by atoms with Crippen LogP contribution in [-0.4, -0.2) is 72.1 Å². The second-order valence-corrected chi connectivity index (χ2v) is 5.29. The molecule has 110 valence electrons. The molecule has 7 heteroatoms. The zero-order valence-corrected chi connectivity index (χ0v) is 11.7. The number of rotatable bonds is 2. The van der Waals surface area contributed by atoms with Gasteiger partial charge in [0.1, 0.15) is 12.2 Å². The summed E-state index contributed by atoms with van der Waals surface area (Å²) in [5, 5.41) is 8.57. The Morgan fingerprint density at radius 1 is 1.05 bits per heavy atom. The van der Waals surface area contributed by atoms with Crippen LogP contribution in [0.15, 0.2) is 0 Å². The van der Waals surface area contributed by atoms with Crippen molar-refractivity contribution >= 4 is 12.2 Å². The van der Waals surface area contributed by atoms with Crippen LogP contribution >= 0.6 is 0 Å². The summed E-state index contributed by atoms with van der Waals surface area (Å²) >= 11 is 0. The Hall–Kier alpha value is -1.50. The van der Waals surface area contributed by atoms with Crippen molar-refractivity contribution in [1.82, 2.24) is 9.80 Å². The maximum absolute atomic E-state index is 11.8. The summed E-state index contributed by atoms with van der Waals surface area (Å²) in [6.45, 7) is 6.89. The summed E-state index contributed by atoms with van der Waals surface area (Å²) in [5.74, 6) is 0. The van der Waals surface area contributed by atoms with Gasteiger partial charge in [-0.25, -0.2) is 9.59 Å². The fourth-order valence-corrected chi connectivity index (χ4v) is 1.62. The molecule has 0 aromatic heterocycles. The lowest BCUT2D eigenvalue weighted by atomic mass is 10.2. The predicted molar refractivity (Wildman–Crippen MR) is 67.8 cm³/mol. The third kappa shape index (κ3) is 5.34. The van der Waals surface area contributed by atoms with Crippen LogP contribution in [0.2, 0.25) is 0 Å². The number of aliphatic hydroxyl groups is 1. The molecule has 19 heavy (non-hydrogen) atoms. The van der Waals surface area contributed by atoms with Crippen molar-refractivity contribution in [2.24, 2.45) is 0 Å². The molecule has 1 aliphatic rings. The molecule has 1 fully saturated rings. The summed E-state index contributed by atoms with van der Waals surface area (Å²) in [6.07, 6.45) is -0.825. The standard InChI is InChI=1S/C12H22N2O5/c1-12(2,3)19-11(17)14-6-4-13(5-7-14)10(16)18-9-8-15/h15H,4-9H2,1-3H3. The highest BCUT2D eigenvalue weighted by Crippen LogP contribution is 2.12. The van der Waals surface area contributed by atoms with Crippen LogP contribution in [0.1, 0.15) is 20.8 Å². The summed E-state index contributed by atoms with van der Waals surface area (Å²) in [4.78, 5) is 26.4. The maximum atomic E-state index is 11.8. The van der Waals surface area contributed by atoms with Crippen LogP contribution in [0.5, 0.6) is 0 Å². The Balaban J connectivity index is 2.36. The zero-order chi connectivity index (χ0) is 14.5. The molecule has 2 amide bonds. The van der Waals surface area contributed by atoms with Crippen molar-refractivity contribution in [3.8, 4) is 0 Å². The van der Waals surface area contributed by atoms with Crippen molar-refractivity contribution in [3.05, 3.63) is 0 Å². The molecule has 0 aromatic carbocycles. The highest BCUT2D eigenvalue weighted by molar-refractivity contribution is 5.70. The first-order chi connectivity index (χ1) is 8.83. The average Bonchev–Trinajstić information content (AvgIpc) is 2.34. The molecule has 0 spiro atoms. The maximum Gasteiger partial charge on any atom is 0.410 e. The van der Waals surface area contributed by atoms with Gasteiger partial charge in [-0.1, -0.05) is 0 Å². The van der Waals surface area contributed by atoms with Gasteiger partial charge in [0.05, 0.1) is 6.61 Å². The highest BCUT2D eigenvalue weighted by Gasteiger charge is 2.28. The van der Waals surface area contributed by atoms with Gasteiger partial charge in [-0.15, -0.1) is 0 Å². The summed E-state index contributed by atoms with van der Waals surface area (Å²) < 4.78 is 10.1. The molecular weight excluding hydrogens is 252 g/mol. The first-order valence-electron chi connectivity index (χ1n) is 6.34. The minimum atomic E-state index is -0.520. The second kappa shape index (κ2) is 6.60. The van der Waals surface area contributed by atoms with Gasteiger partial charge in [-0.3, -0.25) is 0 Å². The van der Waals surface area contributed by atoms with Crippen molar-refractivity contribution < 1.29 is 24.2 Å². The van der Waals surface area contributed by atoms with Crippen LogP contribution in [-0.2, 0) is 9.47 Å². The fourth-order valence-electron chi connectivity index (χ4n) is 1.62. The van der Waals surface area contributed by atoms with Gasteiger partial charge >= 0.3 is 12.2 Å². The first kappa shape index (κ1) is 15.6. The smallest absolute Gasteiger partial charge is 0.410 e. The molecule has 1 N–H and O–H groups in total. The van der Waals surface area contributed by atoms with Gasteiger partial charge in [0.15, 0.2) is 0 Å². The van der Waals surface area contributed by atoms with Gasteiger partial charge in [0, 0.05) is 26.2 Å². The van der Waals surface area contributed by atoms with Crippen molar-refractivity contribution in [3.63, 3.8) is 0 Å². The van der Waals surface area contributed by atoms with Gasteiger partial charge in [-0.2, -0.15) is 0 Å². The third-order valence-corrected chi connectivity index (χ3v) is 2.51. The van der Waals surface area contributed by atoms with Gasteiger partial charge in [0.2, 0.25) is 0 Å². The third-order valence-electron chi connectivity index (χ3n) is 2.51. The molecule has 0 saturated carbocycles. The molecule has 0 aromatic rings. The lowest BCUT2D eigenvalue weighted by Crippen LogP contribution is -2.51. The molecule has 1 heterocycles. The normalized spacial score (nSPS) is 16.2. The second-order valence-electron chi connectivity index (χ2n) is 5.29. The Kier molecular flexibility index (Phi) is 5.41. The number of aliphatic hydroxyl groups excluding tert-OH is 1. The Bertz CT molecular complexity index is 319. The van der Waals surface area contributed by atoms with E-state index < -0.39 is 11.7 Å². The number of ether oxygens (including phenoxy) is 2. The molecule has 0 radical (unpaired) electrons. The number of amides is 2. The lowest BCUT2D eigenvalue weighted by molar-refractivity contribution is 0.0122. The lowest BCUT2D eigenvalue weighted by Gasteiger charge is -2.35. The monoisotopic (exact) mass is 274 g/mol. The van der Waals surface area contributed by atoms with Crippen LogP contribution in [0.25, 0.3) is 0 Å². The molecule has 0 atom stereocenters. The molecule has 1 saturated heterocycles. The molecule has 1 rings (SSSR count). The molecule has 0 unspecified atom stereocenters. The van der Waals surface area contributed by atoms with Crippen molar-refractivity contribution in [1.29, 1.82) is 0 Å². The van der Waals surface area contributed by atoms with Crippen molar-refractivity contribution in [2.75, 3.05) is 39.4 Å². The summed E-state index contributed by atoms with van der Waals surface area (Å²) in [7, 11) is 0. The van der Waals surface area contributed by atoms with E-state index in [2.05, 4.69) is 0 Å². The Labute approximate surface area is 113 Å². The number of carbonyl (C=O) groups excluding carboxylic acids is 2. The van der Waals surface area contributed by atoms with Crippen LogP contribution in [0.3, 0.4) is 0 Å². The number of hydrogen-bond acceptors (Lipinski definition) is 5. The van der Waals surface area contributed by atoms with Crippen LogP contribution in [0, 0.1) is 0 Å². The number of hydrogen-bond donors (Lipinski definition) is 1. The Morgan fingerprint density at radius 2 is 1.53 bits per heavy atom. The van der Waals surface area contributed by atoms with Gasteiger partial charge < -0.3 is 24.4 Å². The molecule has 0 bridgehead atoms. The largest absolute Gasteiger partial charge is 0.447 e. The quantitative estimate of drug-likeness (QED) is 0.800. The molecular formula is C12H22N2O5. The van der Waals surface area contributed by atoms with E-state index in [9.17, 15) is 9.59 Å². The predicted octanol–water partition coefficient (Wildman–Crippen LogP) is 0.668. The average molecular weight is 274 g/mol. The SMILES string of the molecule is CC(C)(C)OC(=O)N1CCN(C(=O)OCCO)CC1. The highest BCUT2D eigenvalue weighted by atomic mass is 16.6. The first-order valence-corrected chi connectivity index (χ1v) is 6.34. The number of carbonyl (C=O) groups is 2. The molecule has 0 aliphatic carbocycles. The van der Waals surface area contributed by atoms with Crippen LogP contribution < -0.4 is 0 Å². The van der Waals surface area contributed by atoms with E-state index in [4.69, 9.17) is 14.6 Å². The zero-order valence-electron chi connectivity index (χ0n) is 11.7. The Morgan fingerprint density at radius 3 is 1.95 bits per heavy atom. The van der Waals surface area contributed by atoms with Crippen LogP contribution in [0.4, 0.5) is 9.59 Å². The summed E-state index contributed by atoms with van der Waals surface area (Å²) in [5.41, 5.74) is -0.520. The summed E-state index contributed by atoms with van der Waals surface area (Å²) in [6, 6.07) is 0. The van der Waals surface area contributed by atoms with E-state index in [-0.39, 0.29) is 19.3 Å². The molecule has 7 nitrogen and oxygen atoms in total. The van der Waals surface area contributed by atoms with E-state index in [1.165, 1.54) is 4.90 Å². The minimum absolute atomic E-state index is 0.00882. The van der Waals surface area contributed by atoms with E-state index in [0.717, 1.165) is 0 Å². The minimum Gasteiger partial charge on any atom is -0.447 e. The van der Waals surface area contributed by atoms with E-state index in [1.54, 1.807) is 4.90 Å². The number of piperazine rings is 1. The molecule has 1 aliphatic heterocycles. The van der Waals surface area contributed by atoms with E-state index in [1.807, 2.05) is 20.8 Å². The topological polar surface area (TPSA) is 79.3 Å². The van der Waals surface area contributed by atoms with Gasteiger partial charge in [0.25, 0.3) is 0 Å². The number of nitrogens with zero attached hydrogens (tertiary/aromatic N) is 2. The fraction of sp³-hybridized carbons (Fsp3) is 0.833. The van der Waals surface area contributed by atoms with Gasteiger partial charge in [-0.05, 0) is 20.8 Å². The van der Waals surface area contributed by atoms with E-state index in [0.29, 0.717) is 26.2 Å². The van der Waals surface area contributed by atoms with Crippen molar-refractivity contribution in [2.45, 2.75) is 26.4 Å². The van der Waals surface area contributed by atoms with E-state index >= 15 is 0 Å².